The minimum atomic E-state index is 0.00384. The number of thiophene rings is 1. The highest BCUT2D eigenvalue weighted by molar-refractivity contribution is 7.22. The lowest BCUT2D eigenvalue weighted by molar-refractivity contribution is 1.35. The number of aromatic amines is 2. The molecule has 0 aliphatic carbocycles. The van der Waals surface area contributed by atoms with Crippen LogP contribution in [0.5, 0.6) is 0 Å². The fraction of sp³-hybridized carbons (Fsp3) is 0. The molecule has 0 atom stereocenters. The number of rotatable bonds is 1. The van der Waals surface area contributed by atoms with Crippen LogP contribution in [0.1, 0.15) is 0 Å². The molecule has 3 rings (SSSR count). The van der Waals surface area contributed by atoms with Gasteiger partial charge in [0.05, 0.1) is 21.6 Å². The summed E-state index contributed by atoms with van der Waals surface area (Å²) in [5.41, 5.74) is 7.13. The minimum absolute atomic E-state index is 0.00384. The molecule has 0 radical (unpaired) electrons. The topological polar surface area (TPSA) is 74.7 Å². The second-order valence-electron chi connectivity index (χ2n) is 3.51. The quantitative estimate of drug-likeness (QED) is 0.600. The van der Waals surface area contributed by atoms with Crippen molar-refractivity contribution in [2.75, 3.05) is 5.73 Å². The van der Waals surface area contributed by atoms with Gasteiger partial charge < -0.3 is 15.7 Å². The molecule has 3 heterocycles. The zero-order chi connectivity index (χ0) is 11.1. The first kappa shape index (κ1) is 9.23. The van der Waals surface area contributed by atoms with E-state index in [1.807, 2.05) is 12.1 Å². The Morgan fingerprint density at radius 2 is 2.19 bits per heavy atom. The van der Waals surface area contributed by atoms with Gasteiger partial charge in [0.25, 0.3) is 0 Å². The van der Waals surface area contributed by atoms with Crippen molar-refractivity contribution in [1.82, 2.24) is 9.97 Å². The molecule has 80 valence electrons. The third-order valence-electron chi connectivity index (χ3n) is 2.48. The number of hydrogen-bond donors (Lipinski definition) is 3. The van der Waals surface area contributed by atoms with Gasteiger partial charge in [-0.25, -0.2) is 0 Å². The smallest absolute Gasteiger partial charge is 0.199 e. The van der Waals surface area contributed by atoms with E-state index in [-0.39, 0.29) is 5.43 Å². The van der Waals surface area contributed by atoms with Gasteiger partial charge in [-0.2, -0.15) is 0 Å². The zero-order valence-corrected chi connectivity index (χ0v) is 9.10. The summed E-state index contributed by atoms with van der Waals surface area (Å²) in [6.45, 7) is 0. The molecule has 0 saturated heterocycles. The second kappa shape index (κ2) is 3.24. The lowest BCUT2D eigenvalue weighted by atomic mass is 10.2. The Morgan fingerprint density at radius 3 is 2.94 bits per heavy atom. The summed E-state index contributed by atoms with van der Waals surface area (Å²) < 4.78 is 0. The number of nitrogens with two attached hydrogens (primary N) is 1. The number of fused-ring (bicyclic) bond motifs is 1. The van der Waals surface area contributed by atoms with Gasteiger partial charge >= 0.3 is 0 Å². The third kappa shape index (κ3) is 1.25. The van der Waals surface area contributed by atoms with Crippen LogP contribution in [0.3, 0.4) is 0 Å². The number of anilines is 1. The van der Waals surface area contributed by atoms with Gasteiger partial charge in [-0.15, -0.1) is 11.3 Å². The fourth-order valence-electron chi connectivity index (χ4n) is 1.73. The maximum Gasteiger partial charge on any atom is 0.199 e. The molecule has 0 unspecified atom stereocenters. The largest absolute Gasteiger partial charge is 0.391 e. The lowest BCUT2D eigenvalue weighted by Gasteiger charge is -1.97. The van der Waals surface area contributed by atoms with Crippen molar-refractivity contribution in [2.24, 2.45) is 0 Å². The number of nitrogens with one attached hydrogen (secondary N) is 2. The van der Waals surface area contributed by atoms with E-state index >= 15 is 0 Å². The fourth-order valence-corrected chi connectivity index (χ4v) is 2.52. The van der Waals surface area contributed by atoms with Crippen LogP contribution in [0, 0.1) is 0 Å². The molecule has 0 aromatic carbocycles. The number of nitrogen functional groups attached to an aromatic ring is 1. The van der Waals surface area contributed by atoms with Crippen molar-refractivity contribution in [1.29, 1.82) is 0 Å². The Balaban J connectivity index is 2.36. The summed E-state index contributed by atoms with van der Waals surface area (Å²) in [5, 5.41) is 1.29. The van der Waals surface area contributed by atoms with Crippen molar-refractivity contribution >= 4 is 26.6 Å². The molecule has 0 aliphatic heterocycles. The summed E-state index contributed by atoms with van der Waals surface area (Å²) in [6.07, 6.45) is 3.51. The first-order valence-electron chi connectivity index (χ1n) is 4.80. The minimum Gasteiger partial charge on any atom is -0.391 e. The van der Waals surface area contributed by atoms with Gasteiger partial charge in [0.15, 0.2) is 5.43 Å². The predicted octanol–water partition coefficient (Wildman–Crippen LogP) is 2.17. The number of pyridine rings is 1. The average Bonchev–Trinajstić information content (AvgIpc) is 2.86. The van der Waals surface area contributed by atoms with Crippen LogP contribution in [0.15, 0.2) is 35.4 Å². The first-order chi connectivity index (χ1) is 7.75. The van der Waals surface area contributed by atoms with E-state index in [4.69, 9.17) is 5.73 Å². The Hall–Kier alpha value is -2.01. The molecule has 16 heavy (non-hydrogen) atoms. The maximum absolute atomic E-state index is 12.2. The van der Waals surface area contributed by atoms with Crippen LogP contribution in [-0.2, 0) is 0 Å². The molecule has 0 fully saturated rings. The van der Waals surface area contributed by atoms with E-state index in [0.717, 1.165) is 10.5 Å². The zero-order valence-electron chi connectivity index (χ0n) is 8.28. The monoisotopic (exact) mass is 231 g/mol. The van der Waals surface area contributed by atoms with Gasteiger partial charge in [-0.3, -0.25) is 4.79 Å². The third-order valence-corrected chi connectivity index (χ3v) is 3.37. The molecule has 0 saturated carbocycles. The predicted molar refractivity (Wildman–Crippen MR) is 66.6 cm³/mol. The summed E-state index contributed by atoms with van der Waals surface area (Å²) in [6, 6.07) is 5.44. The highest BCUT2D eigenvalue weighted by atomic mass is 32.1. The van der Waals surface area contributed by atoms with Crippen LogP contribution in [-0.4, -0.2) is 9.97 Å². The van der Waals surface area contributed by atoms with E-state index in [1.54, 1.807) is 18.5 Å². The first-order valence-corrected chi connectivity index (χ1v) is 5.62. The van der Waals surface area contributed by atoms with Crippen molar-refractivity contribution in [2.45, 2.75) is 0 Å². The van der Waals surface area contributed by atoms with Crippen molar-refractivity contribution in [3.8, 4) is 11.3 Å². The molecule has 0 spiro atoms. The Morgan fingerprint density at radius 1 is 1.31 bits per heavy atom. The average molecular weight is 231 g/mol. The second-order valence-corrected chi connectivity index (χ2v) is 4.59. The van der Waals surface area contributed by atoms with Gasteiger partial charge in [-0.1, -0.05) is 0 Å². The molecule has 0 aliphatic rings. The lowest BCUT2D eigenvalue weighted by Crippen LogP contribution is -2.04. The Bertz CT molecular complexity index is 694. The van der Waals surface area contributed by atoms with Crippen LogP contribution < -0.4 is 11.2 Å². The SMILES string of the molecule is Nc1cc2c(=O)c(-c3ccc[nH]3)c[nH]c2s1. The van der Waals surface area contributed by atoms with E-state index < -0.39 is 0 Å². The molecule has 3 aromatic heterocycles. The van der Waals surface area contributed by atoms with Crippen LogP contribution in [0.2, 0.25) is 0 Å². The molecule has 3 aromatic rings. The number of hydrogen-bond acceptors (Lipinski definition) is 3. The molecular formula is C11H9N3OS. The van der Waals surface area contributed by atoms with Crippen molar-refractivity contribution in [3.05, 3.63) is 40.8 Å². The Labute approximate surface area is 94.7 Å². The van der Waals surface area contributed by atoms with E-state index in [0.29, 0.717) is 16.0 Å². The standard InChI is InChI=1S/C11H9N3OS/c12-9-4-6-10(15)7(5-14-11(6)16-9)8-2-1-3-13-8/h1-5,13H,12H2,(H,14,15). The van der Waals surface area contributed by atoms with Crippen LogP contribution >= 0.6 is 11.3 Å². The number of aromatic nitrogens is 2. The van der Waals surface area contributed by atoms with Gasteiger partial charge in [-0.05, 0) is 18.2 Å². The highest BCUT2D eigenvalue weighted by Gasteiger charge is 2.09. The molecule has 0 bridgehead atoms. The van der Waals surface area contributed by atoms with Gasteiger partial charge in [0.1, 0.15) is 4.83 Å². The van der Waals surface area contributed by atoms with Gasteiger partial charge in [0.2, 0.25) is 0 Å². The number of H-pyrrole nitrogens is 2. The molecule has 4 N–H and O–H groups in total. The summed E-state index contributed by atoms with van der Waals surface area (Å²) >= 11 is 1.38. The summed E-state index contributed by atoms with van der Waals surface area (Å²) in [7, 11) is 0. The summed E-state index contributed by atoms with van der Waals surface area (Å²) in [5.74, 6) is 0. The summed E-state index contributed by atoms with van der Waals surface area (Å²) in [4.78, 5) is 19.1. The molecule has 0 amide bonds. The van der Waals surface area contributed by atoms with Crippen molar-refractivity contribution < 1.29 is 0 Å². The maximum atomic E-state index is 12.2. The van der Waals surface area contributed by atoms with E-state index in [2.05, 4.69) is 9.97 Å². The highest BCUT2D eigenvalue weighted by Crippen LogP contribution is 2.24. The molecule has 5 heteroatoms. The van der Waals surface area contributed by atoms with Crippen LogP contribution in [0.4, 0.5) is 5.00 Å². The van der Waals surface area contributed by atoms with Crippen molar-refractivity contribution in [3.63, 3.8) is 0 Å². The Kier molecular flexibility index (Phi) is 1.87. The normalized spacial score (nSPS) is 11.0. The molecular weight excluding hydrogens is 222 g/mol. The van der Waals surface area contributed by atoms with E-state index in [1.165, 1.54) is 11.3 Å². The van der Waals surface area contributed by atoms with Gasteiger partial charge in [0, 0.05) is 12.4 Å². The molecule has 4 nitrogen and oxygen atoms in total. The van der Waals surface area contributed by atoms with E-state index in [9.17, 15) is 4.79 Å². The van der Waals surface area contributed by atoms with Crippen LogP contribution in [0.25, 0.3) is 21.5 Å².